The third-order valence-electron chi connectivity index (χ3n) is 4.40. The average Bonchev–Trinajstić information content (AvgIpc) is 3.28. The molecule has 126 valence electrons. The van der Waals surface area contributed by atoms with Crippen molar-refractivity contribution in [3.8, 4) is 16.5 Å². The van der Waals surface area contributed by atoms with Crippen molar-refractivity contribution >= 4 is 27.9 Å². The zero-order chi connectivity index (χ0) is 17.1. The second-order valence-corrected chi connectivity index (χ2v) is 7.48. The Morgan fingerprint density at radius 3 is 2.92 bits per heavy atom. The number of rotatable bonds is 2. The maximum atomic E-state index is 13.6. The molecule has 3 heterocycles. The van der Waals surface area contributed by atoms with Gasteiger partial charge in [-0.15, -0.1) is 5.10 Å². The maximum absolute atomic E-state index is 13.6. The highest BCUT2D eigenvalue weighted by Crippen LogP contribution is 2.34. The Balaban J connectivity index is 1.74. The van der Waals surface area contributed by atoms with E-state index >= 15 is 0 Å². The van der Waals surface area contributed by atoms with Gasteiger partial charge in [0, 0.05) is 11.3 Å². The summed E-state index contributed by atoms with van der Waals surface area (Å²) < 4.78 is 17.4. The molecule has 0 N–H and O–H groups in total. The average molecular weight is 374 g/mol. The van der Waals surface area contributed by atoms with Crippen LogP contribution in [0, 0.1) is 12.7 Å². The molecule has 0 unspecified atom stereocenters. The maximum Gasteiger partial charge on any atom is 0.218 e. The minimum absolute atomic E-state index is 0.0942. The SMILES string of the molecule is Cc1cn2nc(-n3c(-c4ccc(F)c(Cl)c4)nc4c3CCC4)sc2n1. The second kappa shape index (κ2) is 5.37. The first-order chi connectivity index (χ1) is 12.1. The topological polar surface area (TPSA) is 48.0 Å². The van der Waals surface area contributed by atoms with Gasteiger partial charge < -0.3 is 0 Å². The van der Waals surface area contributed by atoms with Crippen LogP contribution in [0.2, 0.25) is 5.02 Å². The Labute approximate surface area is 151 Å². The van der Waals surface area contributed by atoms with Gasteiger partial charge in [-0.3, -0.25) is 4.57 Å². The predicted octanol–water partition coefficient (Wildman–Crippen LogP) is 4.23. The molecule has 0 radical (unpaired) electrons. The van der Waals surface area contributed by atoms with E-state index in [1.165, 1.54) is 23.1 Å². The molecule has 0 saturated carbocycles. The number of imidazole rings is 2. The van der Waals surface area contributed by atoms with Gasteiger partial charge in [0.25, 0.3) is 0 Å². The van der Waals surface area contributed by atoms with Crippen LogP contribution in [0.25, 0.3) is 21.5 Å². The molecule has 1 aliphatic rings. The molecule has 0 bridgehead atoms. The normalized spacial score (nSPS) is 13.7. The van der Waals surface area contributed by atoms with E-state index in [-0.39, 0.29) is 5.02 Å². The minimum Gasteiger partial charge on any atom is -0.270 e. The lowest BCUT2D eigenvalue weighted by molar-refractivity contribution is 0.628. The van der Waals surface area contributed by atoms with Crippen molar-refractivity contribution in [1.29, 1.82) is 0 Å². The Morgan fingerprint density at radius 2 is 2.12 bits per heavy atom. The molecule has 1 aliphatic carbocycles. The van der Waals surface area contributed by atoms with Crippen LogP contribution in [0.4, 0.5) is 4.39 Å². The van der Waals surface area contributed by atoms with E-state index in [4.69, 9.17) is 16.6 Å². The van der Waals surface area contributed by atoms with Crippen LogP contribution in [0.3, 0.4) is 0 Å². The zero-order valence-corrected chi connectivity index (χ0v) is 14.9. The predicted molar refractivity (Wildman–Crippen MR) is 95.2 cm³/mol. The van der Waals surface area contributed by atoms with Crippen molar-refractivity contribution in [3.63, 3.8) is 0 Å². The fourth-order valence-electron chi connectivity index (χ4n) is 3.30. The fraction of sp³-hybridized carbons (Fsp3) is 0.235. The Kier molecular flexibility index (Phi) is 3.23. The molecule has 3 aromatic heterocycles. The lowest BCUT2D eigenvalue weighted by Crippen LogP contribution is -2.02. The summed E-state index contributed by atoms with van der Waals surface area (Å²) in [6, 6.07) is 4.70. The molecule has 0 aliphatic heterocycles. The molecule has 25 heavy (non-hydrogen) atoms. The van der Waals surface area contributed by atoms with E-state index in [0.717, 1.165) is 52.1 Å². The summed E-state index contributed by atoms with van der Waals surface area (Å²) in [6.45, 7) is 1.95. The summed E-state index contributed by atoms with van der Waals surface area (Å²) in [5.41, 5.74) is 3.97. The highest BCUT2D eigenvalue weighted by atomic mass is 35.5. The summed E-state index contributed by atoms with van der Waals surface area (Å²) in [7, 11) is 0. The van der Waals surface area contributed by atoms with Gasteiger partial charge in [0.1, 0.15) is 11.6 Å². The smallest absolute Gasteiger partial charge is 0.218 e. The van der Waals surface area contributed by atoms with Crippen LogP contribution in [0.5, 0.6) is 0 Å². The van der Waals surface area contributed by atoms with Gasteiger partial charge in [-0.05, 0) is 44.4 Å². The van der Waals surface area contributed by atoms with Crippen LogP contribution in [0.15, 0.2) is 24.4 Å². The molecule has 5 rings (SSSR count). The molecule has 0 spiro atoms. The first-order valence-electron chi connectivity index (χ1n) is 7.99. The van der Waals surface area contributed by atoms with Crippen molar-refractivity contribution in [3.05, 3.63) is 52.3 Å². The quantitative estimate of drug-likeness (QED) is 0.528. The van der Waals surface area contributed by atoms with Gasteiger partial charge in [-0.1, -0.05) is 22.9 Å². The third-order valence-corrected chi connectivity index (χ3v) is 5.60. The van der Waals surface area contributed by atoms with Gasteiger partial charge >= 0.3 is 0 Å². The van der Waals surface area contributed by atoms with E-state index in [1.54, 1.807) is 16.6 Å². The number of aryl methyl sites for hydroxylation is 2. The lowest BCUT2D eigenvalue weighted by atomic mass is 10.2. The van der Waals surface area contributed by atoms with Crippen molar-refractivity contribution < 1.29 is 4.39 Å². The van der Waals surface area contributed by atoms with Crippen LogP contribution in [-0.2, 0) is 12.8 Å². The molecule has 1 aromatic carbocycles. The fourth-order valence-corrected chi connectivity index (χ4v) is 4.44. The molecular weight excluding hydrogens is 361 g/mol. The van der Waals surface area contributed by atoms with Crippen LogP contribution < -0.4 is 0 Å². The summed E-state index contributed by atoms with van der Waals surface area (Å²) in [5.74, 6) is 0.319. The molecular formula is C17H13ClFN5S. The number of benzene rings is 1. The van der Waals surface area contributed by atoms with Crippen molar-refractivity contribution in [2.45, 2.75) is 26.2 Å². The molecule has 5 nitrogen and oxygen atoms in total. The molecule has 0 saturated heterocycles. The van der Waals surface area contributed by atoms with E-state index in [2.05, 4.69) is 14.6 Å². The van der Waals surface area contributed by atoms with Crippen molar-refractivity contribution in [2.24, 2.45) is 0 Å². The van der Waals surface area contributed by atoms with Crippen molar-refractivity contribution in [1.82, 2.24) is 24.1 Å². The summed E-state index contributed by atoms with van der Waals surface area (Å²) in [6.07, 6.45) is 4.90. The van der Waals surface area contributed by atoms with Crippen LogP contribution in [0.1, 0.15) is 23.5 Å². The number of nitrogens with zero attached hydrogens (tertiary/aromatic N) is 5. The van der Waals surface area contributed by atoms with Gasteiger partial charge in [-0.2, -0.15) is 0 Å². The molecule has 0 atom stereocenters. The van der Waals surface area contributed by atoms with Crippen LogP contribution in [-0.4, -0.2) is 24.1 Å². The van der Waals surface area contributed by atoms with E-state index in [9.17, 15) is 4.39 Å². The summed E-state index contributed by atoms with van der Waals surface area (Å²) >= 11 is 7.50. The number of hydrogen-bond donors (Lipinski definition) is 0. The number of fused-ring (bicyclic) bond motifs is 2. The monoisotopic (exact) mass is 373 g/mol. The first kappa shape index (κ1) is 15.0. The van der Waals surface area contributed by atoms with Gasteiger partial charge in [0.2, 0.25) is 10.1 Å². The highest BCUT2D eigenvalue weighted by Gasteiger charge is 2.25. The minimum atomic E-state index is -0.431. The highest BCUT2D eigenvalue weighted by molar-refractivity contribution is 7.19. The summed E-state index contributed by atoms with van der Waals surface area (Å²) in [4.78, 5) is 10.1. The van der Waals surface area contributed by atoms with E-state index in [1.807, 2.05) is 13.1 Å². The number of halogens is 2. The van der Waals surface area contributed by atoms with Crippen LogP contribution >= 0.6 is 22.9 Å². The lowest BCUT2D eigenvalue weighted by Gasteiger charge is -2.08. The number of hydrogen-bond acceptors (Lipinski definition) is 4. The molecule has 4 aromatic rings. The number of aromatic nitrogens is 5. The Bertz CT molecular complexity index is 1090. The third kappa shape index (κ3) is 2.30. The summed E-state index contributed by atoms with van der Waals surface area (Å²) in [5, 5.41) is 5.58. The van der Waals surface area contributed by atoms with Gasteiger partial charge in [0.15, 0.2) is 0 Å². The van der Waals surface area contributed by atoms with Gasteiger partial charge in [0.05, 0.1) is 22.6 Å². The molecule has 0 fully saturated rings. The second-order valence-electron chi connectivity index (χ2n) is 6.14. The van der Waals surface area contributed by atoms with E-state index < -0.39 is 5.82 Å². The molecule has 0 amide bonds. The first-order valence-corrected chi connectivity index (χ1v) is 9.19. The zero-order valence-electron chi connectivity index (χ0n) is 13.3. The largest absolute Gasteiger partial charge is 0.270 e. The Morgan fingerprint density at radius 1 is 1.24 bits per heavy atom. The standard InChI is InChI=1S/C17H13ClFN5S/c1-9-8-23-16(20-9)25-17(22-23)24-14-4-2-3-13(14)21-15(24)10-5-6-12(19)11(18)7-10/h5-8H,2-4H2,1H3. The van der Waals surface area contributed by atoms with Crippen molar-refractivity contribution in [2.75, 3.05) is 0 Å². The van der Waals surface area contributed by atoms with Gasteiger partial charge in [-0.25, -0.2) is 18.9 Å². The van der Waals surface area contributed by atoms with E-state index in [0.29, 0.717) is 0 Å². The molecule has 8 heteroatoms. The Hall–Kier alpha value is -2.25.